The number of halogens is 1. The van der Waals surface area contributed by atoms with Crippen molar-refractivity contribution >= 4 is 11.7 Å². The minimum Gasteiger partial charge on any atom is -0.456 e. The molecule has 0 aliphatic carbocycles. The van der Waals surface area contributed by atoms with Gasteiger partial charge in [0.25, 0.3) is 5.91 Å². The molecule has 0 atom stereocenters. The lowest BCUT2D eigenvalue weighted by molar-refractivity contribution is 0.0951. The summed E-state index contributed by atoms with van der Waals surface area (Å²) in [5.41, 5.74) is 6.95. The second-order valence-corrected chi connectivity index (χ2v) is 5.60. The monoisotopic (exact) mass is 362 g/mol. The lowest BCUT2D eigenvalue weighted by Gasteiger charge is -2.09. The summed E-state index contributed by atoms with van der Waals surface area (Å²) in [6.45, 7) is 0.255. The van der Waals surface area contributed by atoms with Crippen LogP contribution in [-0.4, -0.2) is 10.9 Å². The Morgan fingerprint density at radius 2 is 1.89 bits per heavy atom. The van der Waals surface area contributed by atoms with Crippen molar-refractivity contribution in [2.45, 2.75) is 6.54 Å². The number of nitrogens with one attached hydrogen (secondary N) is 1. The number of hydrogen-bond donors (Lipinski definition) is 2. The van der Waals surface area contributed by atoms with Crippen molar-refractivity contribution in [2.75, 3.05) is 5.73 Å². The quantitative estimate of drug-likeness (QED) is 0.678. The Hall–Kier alpha value is -3.92. The molecule has 2 aromatic carbocycles. The summed E-state index contributed by atoms with van der Waals surface area (Å²) in [5.74, 6) is -0.298. The van der Waals surface area contributed by atoms with Crippen molar-refractivity contribution in [3.63, 3.8) is 0 Å². The number of aromatic nitrogens is 1. The molecule has 7 heteroatoms. The number of benzene rings is 2. The Morgan fingerprint density at radius 1 is 1.15 bits per heavy atom. The van der Waals surface area contributed by atoms with E-state index in [9.17, 15) is 9.18 Å². The van der Waals surface area contributed by atoms with Crippen LogP contribution in [0.5, 0.6) is 11.5 Å². The molecule has 0 saturated heterocycles. The van der Waals surface area contributed by atoms with Gasteiger partial charge in [0.05, 0.1) is 11.1 Å². The van der Waals surface area contributed by atoms with Gasteiger partial charge >= 0.3 is 0 Å². The number of carbonyl (C=O) groups is 1. The number of para-hydroxylation sites is 1. The number of hydrogen-bond acceptors (Lipinski definition) is 5. The van der Waals surface area contributed by atoms with Gasteiger partial charge in [-0.1, -0.05) is 24.3 Å². The Labute approximate surface area is 155 Å². The number of nitrogens with zero attached hydrogens (tertiary/aromatic N) is 2. The molecule has 0 aliphatic rings. The van der Waals surface area contributed by atoms with E-state index in [1.54, 1.807) is 48.5 Å². The topological polar surface area (TPSA) is 101 Å². The van der Waals surface area contributed by atoms with Gasteiger partial charge in [-0.15, -0.1) is 0 Å². The van der Waals surface area contributed by atoms with Crippen LogP contribution in [0.15, 0.2) is 60.7 Å². The Morgan fingerprint density at radius 3 is 2.59 bits per heavy atom. The molecule has 134 valence electrons. The third-order valence-electron chi connectivity index (χ3n) is 3.75. The number of nitriles is 1. The lowest BCUT2D eigenvalue weighted by atomic mass is 10.2. The second-order valence-electron chi connectivity index (χ2n) is 5.60. The van der Waals surface area contributed by atoms with Crippen LogP contribution >= 0.6 is 0 Å². The van der Waals surface area contributed by atoms with E-state index in [0.29, 0.717) is 17.1 Å². The zero-order valence-electron chi connectivity index (χ0n) is 14.1. The SMILES string of the molecule is N#Cc1ccccc1Oc1ccc(CNC(=O)c2ccc(F)nc2N)cc1. The number of ether oxygens (including phenoxy) is 1. The van der Waals surface area contributed by atoms with E-state index >= 15 is 0 Å². The summed E-state index contributed by atoms with van der Waals surface area (Å²) in [6, 6.07) is 18.4. The van der Waals surface area contributed by atoms with E-state index in [1.807, 2.05) is 0 Å². The van der Waals surface area contributed by atoms with Crippen molar-refractivity contribution in [2.24, 2.45) is 0 Å². The summed E-state index contributed by atoms with van der Waals surface area (Å²) >= 11 is 0. The first kappa shape index (κ1) is 17.9. The van der Waals surface area contributed by atoms with Crippen LogP contribution in [-0.2, 0) is 6.54 Å². The molecule has 3 rings (SSSR count). The Balaban J connectivity index is 1.62. The minimum absolute atomic E-state index is 0.115. The summed E-state index contributed by atoms with van der Waals surface area (Å²) in [4.78, 5) is 15.5. The molecule has 0 saturated carbocycles. The van der Waals surface area contributed by atoms with E-state index in [2.05, 4.69) is 16.4 Å². The standard InChI is InChI=1S/C20H15FN4O2/c21-18-10-9-16(19(23)25-18)20(26)24-12-13-5-7-15(8-6-13)27-17-4-2-1-3-14(17)11-22/h1-10H,12H2,(H2,23,25)(H,24,26). The van der Waals surface area contributed by atoms with Crippen molar-refractivity contribution in [1.29, 1.82) is 5.26 Å². The largest absolute Gasteiger partial charge is 0.456 e. The zero-order chi connectivity index (χ0) is 19.2. The number of nitrogen functional groups attached to an aromatic ring is 1. The highest BCUT2D eigenvalue weighted by Crippen LogP contribution is 2.24. The van der Waals surface area contributed by atoms with E-state index < -0.39 is 11.9 Å². The third kappa shape index (κ3) is 4.38. The third-order valence-corrected chi connectivity index (χ3v) is 3.75. The average molecular weight is 362 g/mol. The van der Waals surface area contributed by atoms with Gasteiger partial charge in [-0.05, 0) is 42.0 Å². The first-order chi connectivity index (χ1) is 13.1. The maximum atomic E-state index is 13.0. The molecule has 1 amide bonds. The van der Waals surface area contributed by atoms with E-state index in [-0.39, 0.29) is 17.9 Å². The summed E-state index contributed by atoms with van der Waals surface area (Å²) in [7, 11) is 0. The van der Waals surface area contributed by atoms with Gasteiger partial charge in [0, 0.05) is 6.54 Å². The number of amides is 1. The van der Waals surface area contributed by atoms with Crippen LogP contribution in [0, 0.1) is 17.3 Å². The zero-order valence-corrected chi connectivity index (χ0v) is 14.1. The van der Waals surface area contributed by atoms with Crippen LogP contribution in [0.4, 0.5) is 10.2 Å². The molecule has 0 aliphatic heterocycles. The predicted octanol–water partition coefficient (Wildman–Crippen LogP) is 3.40. The van der Waals surface area contributed by atoms with Gasteiger partial charge < -0.3 is 15.8 Å². The minimum atomic E-state index is -0.738. The molecule has 3 N–H and O–H groups in total. The molecule has 3 aromatic rings. The van der Waals surface area contributed by atoms with Crippen molar-refractivity contribution < 1.29 is 13.9 Å². The molecule has 1 heterocycles. The number of anilines is 1. The van der Waals surface area contributed by atoms with Crippen molar-refractivity contribution in [1.82, 2.24) is 10.3 Å². The molecule has 0 radical (unpaired) electrons. The van der Waals surface area contributed by atoms with Crippen LogP contribution < -0.4 is 15.8 Å². The highest BCUT2D eigenvalue weighted by Gasteiger charge is 2.11. The molecular formula is C20H15FN4O2. The summed E-state index contributed by atoms with van der Waals surface area (Å²) in [6.07, 6.45) is 0. The smallest absolute Gasteiger partial charge is 0.255 e. The maximum Gasteiger partial charge on any atom is 0.255 e. The molecule has 27 heavy (non-hydrogen) atoms. The fourth-order valence-electron chi connectivity index (χ4n) is 2.37. The van der Waals surface area contributed by atoms with Crippen molar-refractivity contribution in [3.8, 4) is 17.6 Å². The van der Waals surface area contributed by atoms with Gasteiger partial charge in [-0.25, -0.2) is 4.98 Å². The van der Waals surface area contributed by atoms with Gasteiger partial charge in [0.2, 0.25) is 5.95 Å². The number of pyridine rings is 1. The van der Waals surface area contributed by atoms with Gasteiger partial charge in [-0.2, -0.15) is 9.65 Å². The first-order valence-electron chi connectivity index (χ1n) is 8.03. The molecule has 0 unspecified atom stereocenters. The Kier molecular flexibility index (Phi) is 5.28. The summed E-state index contributed by atoms with van der Waals surface area (Å²) in [5, 5.41) is 11.8. The van der Waals surface area contributed by atoms with Gasteiger partial charge in [0.1, 0.15) is 23.4 Å². The lowest BCUT2D eigenvalue weighted by Crippen LogP contribution is -2.24. The highest BCUT2D eigenvalue weighted by molar-refractivity contribution is 5.98. The Bertz CT molecular complexity index is 1010. The van der Waals surface area contributed by atoms with Gasteiger partial charge in [0.15, 0.2) is 0 Å². The highest BCUT2D eigenvalue weighted by atomic mass is 19.1. The number of nitrogens with two attached hydrogens (primary N) is 1. The predicted molar refractivity (Wildman–Crippen MR) is 97.5 cm³/mol. The molecule has 0 bridgehead atoms. The number of carbonyl (C=O) groups excluding carboxylic acids is 1. The summed E-state index contributed by atoms with van der Waals surface area (Å²) < 4.78 is 18.7. The van der Waals surface area contributed by atoms with E-state index in [1.165, 1.54) is 6.07 Å². The van der Waals surface area contributed by atoms with Crippen molar-refractivity contribution in [3.05, 3.63) is 83.3 Å². The van der Waals surface area contributed by atoms with Crippen LogP contribution in [0.3, 0.4) is 0 Å². The molecule has 6 nitrogen and oxygen atoms in total. The normalized spacial score (nSPS) is 10.1. The van der Waals surface area contributed by atoms with Crippen LogP contribution in [0.2, 0.25) is 0 Å². The second kappa shape index (κ2) is 7.97. The van der Waals surface area contributed by atoms with E-state index in [0.717, 1.165) is 11.6 Å². The first-order valence-corrected chi connectivity index (χ1v) is 8.03. The van der Waals surface area contributed by atoms with Crippen LogP contribution in [0.1, 0.15) is 21.5 Å². The van der Waals surface area contributed by atoms with E-state index in [4.69, 9.17) is 15.7 Å². The fraction of sp³-hybridized carbons (Fsp3) is 0.0500. The molecule has 1 aromatic heterocycles. The molecule has 0 spiro atoms. The molecule has 0 fully saturated rings. The fourth-order valence-corrected chi connectivity index (χ4v) is 2.37. The van der Waals surface area contributed by atoms with Gasteiger partial charge in [-0.3, -0.25) is 4.79 Å². The van der Waals surface area contributed by atoms with Crippen LogP contribution in [0.25, 0.3) is 0 Å². The maximum absolute atomic E-state index is 13.0. The molecular weight excluding hydrogens is 347 g/mol. The number of rotatable bonds is 5. The average Bonchev–Trinajstić information content (AvgIpc) is 2.67.